The molecule has 0 aliphatic rings. The molecule has 2 rings (SSSR count). The molecular weight excluding hydrogens is 262 g/mol. The Labute approximate surface area is 116 Å². The van der Waals surface area contributed by atoms with E-state index in [-0.39, 0.29) is 11.6 Å². The highest BCUT2D eigenvalue weighted by Gasteiger charge is 2.19. The van der Waals surface area contributed by atoms with E-state index in [1.54, 1.807) is 31.4 Å². The lowest BCUT2D eigenvalue weighted by Gasteiger charge is -2.16. The molecule has 1 aromatic heterocycles. The molecule has 20 heavy (non-hydrogen) atoms. The van der Waals surface area contributed by atoms with Gasteiger partial charge in [0.25, 0.3) is 5.88 Å². The Morgan fingerprint density at radius 1 is 1.15 bits per heavy atom. The first-order chi connectivity index (χ1) is 9.39. The Bertz CT molecular complexity index is 618. The van der Waals surface area contributed by atoms with Crippen LogP contribution in [-0.2, 0) is 4.89 Å². The van der Waals surface area contributed by atoms with Crippen LogP contribution in [0.25, 0.3) is 11.3 Å². The van der Waals surface area contributed by atoms with E-state index in [2.05, 4.69) is 4.98 Å². The molecule has 1 heterocycles. The summed E-state index contributed by atoms with van der Waals surface area (Å²) in [7, 11) is 1.58. The number of hydrogen-bond donors (Lipinski definition) is 1. The van der Waals surface area contributed by atoms with E-state index in [1.807, 2.05) is 20.8 Å². The second kappa shape index (κ2) is 5.42. The molecule has 0 aliphatic heterocycles. The van der Waals surface area contributed by atoms with E-state index < -0.39 is 11.4 Å². The summed E-state index contributed by atoms with van der Waals surface area (Å²) in [5, 5.41) is 0. The van der Waals surface area contributed by atoms with Crippen LogP contribution >= 0.6 is 0 Å². The van der Waals surface area contributed by atoms with Crippen molar-refractivity contribution in [3.05, 3.63) is 34.8 Å². The zero-order valence-electron chi connectivity index (χ0n) is 11.9. The van der Waals surface area contributed by atoms with Gasteiger partial charge in [-0.1, -0.05) is 0 Å². The van der Waals surface area contributed by atoms with E-state index in [9.17, 15) is 4.79 Å². The van der Waals surface area contributed by atoms with E-state index in [4.69, 9.17) is 18.9 Å². The van der Waals surface area contributed by atoms with Crippen molar-refractivity contribution in [1.29, 1.82) is 0 Å². The fourth-order valence-electron chi connectivity index (χ4n) is 1.47. The number of nitrogens with one attached hydrogen (secondary N) is 1. The van der Waals surface area contributed by atoms with Gasteiger partial charge < -0.3 is 14.0 Å². The molecule has 6 nitrogen and oxygen atoms in total. The van der Waals surface area contributed by atoms with Crippen LogP contribution in [0, 0.1) is 0 Å². The van der Waals surface area contributed by atoms with Gasteiger partial charge in [-0.15, -0.1) is 0 Å². The van der Waals surface area contributed by atoms with Crippen LogP contribution in [0.3, 0.4) is 0 Å². The maximum absolute atomic E-state index is 11.3. The number of aromatic nitrogens is 1. The minimum absolute atomic E-state index is 0.134. The fourth-order valence-corrected chi connectivity index (χ4v) is 1.47. The van der Waals surface area contributed by atoms with Gasteiger partial charge in [0, 0.05) is 5.56 Å². The molecule has 1 N–H and O–H groups in total. The van der Waals surface area contributed by atoms with Crippen LogP contribution in [0.15, 0.2) is 33.5 Å². The molecule has 108 valence electrons. The molecule has 0 bridgehead atoms. The summed E-state index contributed by atoms with van der Waals surface area (Å²) in [6, 6.07) is 7.04. The predicted octanol–water partition coefficient (Wildman–Crippen LogP) is 2.75. The van der Waals surface area contributed by atoms with Crippen LogP contribution in [0.4, 0.5) is 0 Å². The van der Waals surface area contributed by atoms with Crippen molar-refractivity contribution in [2.24, 2.45) is 0 Å². The molecule has 0 fully saturated rings. The van der Waals surface area contributed by atoms with Crippen LogP contribution in [0.5, 0.6) is 11.6 Å². The Kier molecular flexibility index (Phi) is 3.85. The highest BCUT2D eigenvalue weighted by atomic mass is 17.2. The molecule has 2 aromatic rings. The molecule has 6 heteroatoms. The highest BCUT2D eigenvalue weighted by molar-refractivity contribution is 5.62. The second-order valence-electron chi connectivity index (χ2n) is 5.18. The summed E-state index contributed by atoms with van der Waals surface area (Å²) in [4.78, 5) is 24.1. The Balaban J connectivity index is 2.28. The van der Waals surface area contributed by atoms with Gasteiger partial charge in [0.2, 0.25) is 5.76 Å². The molecule has 0 aliphatic carbocycles. The number of oxazole rings is 1. The van der Waals surface area contributed by atoms with Crippen molar-refractivity contribution >= 4 is 0 Å². The third-order valence-corrected chi connectivity index (χ3v) is 2.34. The van der Waals surface area contributed by atoms with Gasteiger partial charge in [0.05, 0.1) is 7.11 Å². The molecule has 1 aromatic carbocycles. The van der Waals surface area contributed by atoms with Gasteiger partial charge in [-0.3, -0.25) is 4.98 Å². The standard InChI is InChI=1S/C14H17NO5/c1-14(2,3)20-19-12-11(18-13(16)15-12)9-5-7-10(17-4)8-6-9/h5-8H,1-4H3,(H,15,16). The van der Waals surface area contributed by atoms with Crippen molar-refractivity contribution in [2.45, 2.75) is 26.4 Å². The van der Waals surface area contributed by atoms with Crippen LogP contribution < -0.4 is 15.4 Å². The predicted molar refractivity (Wildman–Crippen MR) is 72.8 cm³/mol. The minimum atomic E-state index is -0.608. The molecule has 0 spiro atoms. The van der Waals surface area contributed by atoms with E-state index in [0.29, 0.717) is 11.3 Å². The monoisotopic (exact) mass is 279 g/mol. The summed E-state index contributed by atoms with van der Waals surface area (Å²) in [6.07, 6.45) is 0. The molecule has 0 unspecified atom stereocenters. The molecule has 0 saturated heterocycles. The van der Waals surface area contributed by atoms with Gasteiger partial charge in [-0.25, -0.2) is 4.79 Å². The maximum Gasteiger partial charge on any atom is 0.419 e. The maximum atomic E-state index is 11.3. The topological polar surface area (TPSA) is 73.7 Å². The summed E-state index contributed by atoms with van der Waals surface area (Å²) in [5.41, 5.74) is 0.169. The number of methoxy groups -OCH3 is 1. The molecule has 0 atom stereocenters. The lowest BCUT2D eigenvalue weighted by atomic mass is 10.2. The van der Waals surface area contributed by atoms with Gasteiger partial charge in [0.15, 0.2) is 0 Å². The van der Waals surface area contributed by atoms with Crippen molar-refractivity contribution < 1.29 is 18.9 Å². The lowest BCUT2D eigenvalue weighted by Crippen LogP contribution is -2.21. The van der Waals surface area contributed by atoms with Gasteiger partial charge in [0.1, 0.15) is 11.4 Å². The Morgan fingerprint density at radius 2 is 1.80 bits per heavy atom. The first-order valence-corrected chi connectivity index (χ1v) is 6.12. The number of rotatable bonds is 4. The zero-order chi connectivity index (χ0) is 14.8. The summed E-state index contributed by atoms with van der Waals surface area (Å²) in [5.74, 6) is 0.514. The second-order valence-corrected chi connectivity index (χ2v) is 5.18. The molecule has 0 radical (unpaired) electrons. The summed E-state index contributed by atoms with van der Waals surface area (Å²) in [6.45, 7) is 5.49. The largest absolute Gasteiger partial charge is 0.497 e. The average Bonchev–Trinajstić information content (AvgIpc) is 2.77. The SMILES string of the molecule is COc1ccc(-c2oc(=O)[nH]c2OOC(C)(C)C)cc1. The van der Waals surface area contributed by atoms with Crippen LogP contribution in [0.1, 0.15) is 20.8 Å². The Morgan fingerprint density at radius 3 is 2.35 bits per heavy atom. The highest BCUT2D eigenvalue weighted by Crippen LogP contribution is 2.29. The summed E-state index contributed by atoms with van der Waals surface area (Å²) < 4.78 is 10.2. The van der Waals surface area contributed by atoms with Gasteiger partial charge >= 0.3 is 5.76 Å². The van der Waals surface area contributed by atoms with Crippen molar-refractivity contribution in [1.82, 2.24) is 4.98 Å². The number of aromatic amines is 1. The number of H-pyrrole nitrogens is 1. The van der Waals surface area contributed by atoms with E-state index >= 15 is 0 Å². The lowest BCUT2D eigenvalue weighted by molar-refractivity contribution is -0.276. The first kappa shape index (κ1) is 14.2. The van der Waals surface area contributed by atoms with Crippen LogP contribution in [-0.4, -0.2) is 17.7 Å². The van der Waals surface area contributed by atoms with Gasteiger partial charge in [-0.05, 0) is 45.0 Å². The molecule has 0 amide bonds. The van der Waals surface area contributed by atoms with Crippen molar-refractivity contribution in [3.8, 4) is 23.0 Å². The molecule has 0 saturated carbocycles. The third kappa shape index (κ3) is 3.42. The fraction of sp³-hybridized carbons (Fsp3) is 0.357. The smallest absolute Gasteiger partial charge is 0.419 e. The number of benzene rings is 1. The third-order valence-electron chi connectivity index (χ3n) is 2.34. The summed E-state index contributed by atoms with van der Waals surface area (Å²) >= 11 is 0. The Hall–Kier alpha value is -2.21. The quantitative estimate of drug-likeness (QED) is 0.688. The van der Waals surface area contributed by atoms with Crippen molar-refractivity contribution in [3.63, 3.8) is 0 Å². The van der Waals surface area contributed by atoms with E-state index in [1.165, 1.54) is 0 Å². The van der Waals surface area contributed by atoms with Crippen molar-refractivity contribution in [2.75, 3.05) is 7.11 Å². The number of hydrogen-bond acceptors (Lipinski definition) is 5. The minimum Gasteiger partial charge on any atom is -0.497 e. The first-order valence-electron chi connectivity index (χ1n) is 6.12. The average molecular weight is 279 g/mol. The van der Waals surface area contributed by atoms with Crippen LogP contribution in [0.2, 0.25) is 0 Å². The number of ether oxygens (including phenoxy) is 1. The van der Waals surface area contributed by atoms with Gasteiger partial charge in [-0.2, -0.15) is 4.89 Å². The zero-order valence-corrected chi connectivity index (χ0v) is 11.9. The van der Waals surface area contributed by atoms with E-state index in [0.717, 1.165) is 0 Å². The molecular formula is C14H17NO5. The normalized spacial score (nSPS) is 11.4.